The summed E-state index contributed by atoms with van der Waals surface area (Å²) >= 11 is 0. The third-order valence-corrected chi connectivity index (χ3v) is 2.75. The van der Waals surface area contributed by atoms with Crippen molar-refractivity contribution in [2.75, 3.05) is 5.32 Å². The van der Waals surface area contributed by atoms with Crippen LogP contribution in [0.3, 0.4) is 0 Å². The van der Waals surface area contributed by atoms with Crippen LogP contribution < -0.4 is 5.32 Å². The summed E-state index contributed by atoms with van der Waals surface area (Å²) in [5.41, 5.74) is -2.05. The Hall–Kier alpha value is -3.15. The second-order valence-corrected chi connectivity index (χ2v) is 4.43. The number of amides is 1. The zero-order valence-corrected chi connectivity index (χ0v) is 11.8. The Morgan fingerprint density at radius 2 is 2.17 bits per heavy atom. The number of carbonyl (C=O) groups is 1. The zero-order chi connectivity index (χ0) is 17.0. The lowest BCUT2D eigenvalue weighted by molar-refractivity contribution is -0.138. The van der Waals surface area contributed by atoms with Crippen molar-refractivity contribution in [1.29, 1.82) is 5.26 Å². The molecule has 0 saturated heterocycles. The maximum absolute atomic E-state index is 12.9. The molecule has 0 aliphatic rings. The van der Waals surface area contributed by atoms with Gasteiger partial charge in [0.25, 0.3) is 5.91 Å². The molecule has 0 fully saturated rings. The summed E-state index contributed by atoms with van der Waals surface area (Å²) < 4.78 is 40.1. The van der Waals surface area contributed by atoms with Crippen molar-refractivity contribution in [1.82, 2.24) is 14.8 Å². The first-order valence-corrected chi connectivity index (χ1v) is 6.26. The van der Waals surface area contributed by atoms with Crippen LogP contribution in [0.2, 0.25) is 0 Å². The molecule has 2 heterocycles. The Kier molecular flexibility index (Phi) is 4.45. The second kappa shape index (κ2) is 6.31. The summed E-state index contributed by atoms with van der Waals surface area (Å²) in [6.07, 6.45) is -1.14. The minimum atomic E-state index is -4.64. The molecular formula is C14H10F3N5O. The van der Waals surface area contributed by atoms with Crippen LogP contribution in [0, 0.1) is 11.3 Å². The number of nitriles is 1. The predicted octanol–water partition coefficient (Wildman–Crippen LogP) is 2.38. The Labute approximate surface area is 128 Å². The smallest absolute Gasteiger partial charge is 0.304 e. The molecule has 1 N–H and O–H groups in total. The lowest BCUT2D eigenvalue weighted by Crippen LogP contribution is -2.15. The molecule has 2 aromatic heterocycles. The minimum absolute atomic E-state index is 0.177. The average molecular weight is 321 g/mol. The van der Waals surface area contributed by atoms with Crippen LogP contribution >= 0.6 is 0 Å². The van der Waals surface area contributed by atoms with Gasteiger partial charge in [-0.1, -0.05) is 0 Å². The fourth-order valence-electron chi connectivity index (χ4n) is 1.72. The van der Waals surface area contributed by atoms with Gasteiger partial charge in [0.2, 0.25) is 0 Å². The van der Waals surface area contributed by atoms with E-state index >= 15 is 0 Å². The number of aromatic nitrogens is 3. The van der Waals surface area contributed by atoms with Crippen molar-refractivity contribution in [3.63, 3.8) is 0 Å². The highest BCUT2D eigenvalue weighted by Gasteiger charge is 2.33. The van der Waals surface area contributed by atoms with Gasteiger partial charge in [-0.05, 0) is 18.2 Å². The van der Waals surface area contributed by atoms with E-state index < -0.39 is 28.9 Å². The van der Waals surface area contributed by atoms with Gasteiger partial charge >= 0.3 is 6.18 Å². The van der Waals surface area contributed by atoms with Gasteiger partial charge in [-0.3, -0.25) is 14.5 Å². The van der Waals surface area contributed by atoms with Crippen molar-refractivity contribution in [2.24, 2.45) is 7.05 Å². The molecule has 2 aromatic rings. The Morgan fingerprint density at radius 3 is 2.74 bits per heavy atom. The van der Waals surface area contributed by atoms with Gasteiger partial charge in [-0.15, -0.1) is 0 Å². The van der Waals surface area contributed by atoms with Gasteiger partial charge in [0, 0.05) is 25.5 Å². The highest BCUT2D eigenvalue weighted by atomic mass is 19.4. The molecule has 118 valence electrons. The number of nitrogens with one attached hydrogen (secondary N) is 1. The molecule has 0 aromatic carbocycles. The van der Waals surface area contributed by atoms with Crippen LogP contribution in [-0.2, 0) is 18.0 Å². The fraction of sp³-hybridized carbons (Fsp3) is 0.143. The van der Waals surface area contributed by atoms with E-state index in [4.69, 9.17) is 5.26 Å². The van der Waals surface area contributed by atoms with E-state index in [0.717, 1.165) is 24.4 Å². The fourth-order valence-corrected chi connectivity index (χ4v) is 1.72. The molecule has 0 saturated carbocycles. The number of hydrogen-bond acceptors (Lipinski definition) is 4. The van der Waals surface area contributed by atoms with E-state index in [1.165, 1.54) is 10.7 Å². The molecule has 9 heteroatoms. The Morgan fingerprint density at radius 1 is 1.43 bits per heavy atom. The predicted molar refractivity (Wildman–Crippen MR) is 74.7 cm³/mol. The van der Waals surface area contributed by atoms with Gasteiger partial charge in [0.05, 0.1) is 11.3 Å². The Bertz CT molecular complexity index is 801. The van der Waals surface area contributed by atoms with Gasteiger partial charge < -0.3 is 5.32 Å². The summed E-state index contributed by atoms with van der Waals surface area (Å²) in [4.78, 5) is 15.5. The maximum Gasteiger partial charge on any atom is 0.418 e. The molecule has 0 bridgehead atoms. The summed E-state index contributed by atoms with van der Waals surface area (Å²) in [5, 5.41) is 15.2. The van der Waals surface area contributed by atoms with Crippen LogP contribution in [0.4, 0.5) is 19.0 Å². The van der Waals surface area contributed by atoms with Gasteiger partial charge in [0.1, 0.15) is 11.6 Å². The highest BCUT2D eigenvalue weighted by molar-refractivity contribution is 6.09. The molecule has 6 nitrogen and oxygen atoms in total. The van der Waals surface area contributed by atoms with E-state index in [1.807, 2.05) is 0 Å². The molecular weight excluding hydrogens is 311 g/mol. The van der Waals surface area contributed by atoms with E-state index in [0.29, 0.717) is 0 Å². The summed E-state index contributed by atoms with van der Waals surface area (Å²) in [7, 11) is 1.63. The normalized spacial score (nSPS) is 11.9. The van der Waals surface area contributed by atoms with Crippen molar-refractivity contribution < 1.29 is 18.0 Å². The third-order valence-electron chi connectivity index (χ3n) is 2.75. The van der Waals surface area contributed by atoms with Crippen molar-refractivity contribution >= 4 is 17.8 Å². The van der Waals surface area contributed by atoms with Crippen LogP contribution in [0.15, 0.2) is 36.2 Å². The van der Waals surface area contributed by atoms with Crippen molar-refractivity contribution in [3.8, 4) is 6.07 Å². The molecule has 0 radical (unpaired) electrons. The van der Waals surface area contributed by atoms with Crippen LogP contribution in [0.25, 0.3) is 6.08 Å². The molecule has 0 aliphatic heterocycles. The number of pyridine rings is 1. The van der Waals surface area contributed by atoms with E-state index in [1.54, 1.807) is 19.3 Å². The summed E-state index contributed by atoms with van der Waals surface area (Å²) in [6, 6.07) is 4.99. The van der Waals surface area contributed by atoms with Crippen LogP contribution in [-0.4, -0.2) is 20.7 Å². The Balaban J connectivity index is 2.33. The lowest BCUT2D eigenvalue weighted by atomic mass is 10.1. The lowest BCUT2D eigenvalue weighted by Gasteiger charge is -2.09. The van der Waals surface area contributed by atoms with Crippen LogP contribution in [0.1, 0.15) is 11.3 Å². The second-order valence-electron chi connectivity index (χ2n) is 4.43. The largest absolute Gasteiger partial charge is 0.418 e. The number of aryl methyl sites for hydroxylation is 1. The first-order chi connectivity index (χ1) is 10.8. The van der Waals surface area contributed by atoms with Crippen LogP contribution in [0.5, 0.6) is 0 Å². The van der Waals surface area contributed by atoms with Crippen molar-refractivity contribution in [3.05, 3.63) is 47.4 Å². The number of alkyl halides is 3. The highest BCUT2D eigenvalue weighted by Crippen LogP contribution is 2.31. The number of rotatable bonds is 3. The van der Waals surface area contributed by atoms with Gasteiger partial charge in [0.15, 0.2) is 5.82 Å². The number of carbonyl (C=O) groups excluding carboxylic acids is 1. The van der Waals surface area contributed by atoms with Crippen molar-refractivity contribution in [2.45, 2.75) is 6.18 Å². The van der Waals surface area contributed by atoms with Gasteiger partial charge in [-0.2, -0.15) is 23.5 Å². The van der Waals surface area contributed by atoms with E-state index in [9.17, 15) is 18.0 Å². The molecule has 2 rings (SSSR count). The summed E-state index contributed by atoms with van der Waals surface area (Å²) in [5.74, 6) is -0.694. The first-order valence-electron chi connectivity index (χ1n) is 6.26. The van der Waals surface area contributed by atoms with E-state index in [2.05, 4.69) is 15.4 Å². The monoisotopic (exact) mass is 321 g/mol. The molecule has 0 unspecified atom stereocenters. The van der Waals surface area contributed by atoms with Gasteiger partial charge in [-0.25, -0.2) is 0 Å². The SMILES string of the molecule is Cn1ccc(NC(=O)/C(C#N)=C/c2ncccc2C(F)(F)F)n1. The third kappa shape index (κ3) is 3.94. The zero-order valence-electron chi connectivity index (χ0n) is 11.8. The maximum atomic E-state index is 12.9. The number of hydrogen-bond donors (Lipinski definition) is 1. The number of halogens is 3. The standard InChI is InChI=1S/C14H10F3N5O/c1-22-6-4-12(21-22)20-13(23)9(8-18)7-11-10(14(15,16)17)3-2-5-19-11/h2-7H,1H3,(H,20,21,23)/b9-7+. The molecule has 0 aliphatic carbocycles. The number of anilines is 1. The van der Waals surface area contributed by atoms with E-state index in [-0.39, 0.29) is 5.82 Å². The molecule has 23 heavy (non-hydrogen) atoms. The molecule has 0 spiro atoms. The molecule has 0 atom stereocenters. The minimum Gasteiger partial charge on any atom is -0.304 e. The molecule has 1 amide bonds. The average Bonchev–Trinajstić information content (AvgIpc) is 2.89. The number of nitrogens with zero attached hydrogens (tertiary/aromatic N) is 4. The first kappa shape index (κ1) is 16.2. The topological polar surface area (TPSA) is 83.6 Å². The summed E-state index contributed by atoms with van der Waals surface area (Å²) in [6.45, 7) is 0. The quantitative estimate of drug-likeness (QED) is 0.695.